The van der Waals surface area contributed by atoms with Gasteiger partial charge in [0, 0.05) is 0 Å². The molecule has 0 heterocycles. The van der Waals surface area contributed by atoms with Gasteiger partial charge in [0.05, 0.1) is 0 Å². The van der Waals surface area contributed by atoms with Crippen LogP contribution in [0.2, 0.25) is 0 Å². The first-order chi connectivity index (χ1) is 2.91. The normalized spacial score (nSPS) is 7.83. The van der Waals surface area contributed by atoms with E-state index in [0.717, 1.165) is 0 Å². The quantitative estimate of drug-likeness (QED) is 0.325. The average molecular weight is 77.1 g/mol. The molecule has 0 atom stereocenters. The van der Waals surface area contributed by atoms with Gasteiger partial charge in [-0.15, -0.1) is 6.42 Å². The highest BCUT2D eigenvalue weighted by atomic mass is 13.5. The Morgan fingerprint density at radius 2 is 2.33 bits per heavy atom. The first kappa shape index (κ1) is 5.04. The van der Waals surface area contributed by atoms with Crippen LogP contribution in [0, 0.1) is 18.4 Å². The Kier molecular flexibility index (Phi) is 3.39. The largest absolute Gasteiger partial charge is 0.115 e. The molecule has 0 spiro atoms. The second kappa shape index (κ2) is 4.04. The van der Waals surface area contributed by atoms with Crippen LogP contribution in [0.3, 0.4) is 0 Å². The van der Waals surface area contributed by atoms with Crippen molar-refractivity contribution in [2.75, 3.05) is 0 Å². The summed E-state index contributed by atoms with van der Waals surface area (Å²) in [7, 11) is 0. The van der Waals surface area contributed by atoms with Crippen molar-refractivity contribution in [3.8, 4) is 12.3 Å². The van der Waals surface area contributed by atoms with E-state index >= 15 is 0 Å². The van der Waals surface area contributed by atoms with Gasteiger partial charge in [-0.3, -0.25) is 0 Å². The van der Waals surface area contributed by atoms with Gasteiger partial charge >= 0.3 is 0 Å². The Hall–Kier alpha value is -0.960. The molecule has 0 aliphatic rings. The molecule has 0 heteroatoms. The molecular weight excluding hydrogens is 72.1 g/mol. The first-order valence-corrected chi connectivity index (χ1v) is 1.56. The average Bonchev–Trinajstić information content (AvgIpc) is 1.61. The monoisotopic (exact) mass is 77.0 g/mol. The molecule has 0 saturated carbocycles. The van der Waals surface area contributed by atoms with E-state index < -0.39 is 0 Å². The van der Waals surface area contributed by atoms with Crippen molar-refractivity contribution in [1.29, 1.82) is 0 Å². The molecule has 0 amide bonds. The smallest absolute Gasteiger partial charge is 0.00429 e. The van der Waals surface area contributed by atoms with Gasteiger partial charge < -0.3 is 0 Å². The molecule has 0 aromatic rings. The summed E-state index contributed by atoms with van der Waals surface area (Å²) in [5, 5.41) is 0. The second-order valence-electron chi connectivity index (χ2n) is 0.682. The summed E-state index contributed by atoms with van der Waals surface area (Å²) in [6.45, 7) is 3.36. The lowest BCUT2D eigenvalue weighted by molar-refractivity contribution is 1.95. The number of allylic oxidation sites excluding steroid dienone is 3. The fraction of sp³-hybridized carbons (Fsp3) is 0. The Bertz CT molecular complexity index is 91.1. The number of terminal acetylenes is 1. The summed E-state index contributed by atoms with van der Waals surface area (Å²) < 4.78 is 0. The molecule has 0 aromatic heterocycles. The summed E-state index contributed by atoms with van der Waals surface area (Å²) in [5.41, 5.74) is 0. The van der Waals surface area contributed by atoms with E-state index in [1.54, 1.807) is 0 Å². The fourth-order valence-corrected chi connectivity index (χ4v) is 0.107. The third kappa shape index (κ3) is 3.04. The van der Waals surface area contributed by atoms with Gasteiger partial charge in [-0.25, -0.2) is 0 Å². The van der Waals surface area contributed by atoms with Crippen molar-refractivity contribution in [2.24, 2.45) is 0 Å². The van der Waals surface area contributed by atoms with Crippen LogP contribution in [0.5, 0.6) is 0 Å². The minimum Gasteiger partial charge on any atom is -0.115 e. The van der Waals surface area contributed by atoms with Crippen LogP contribution in [-0.4, -0.2) is 0 Å². The van der Waals surface area contributed by atoms with Crippen LogP contribution in [0.25, 0.3) is 0 Å². The van der Waals surface area contributed by atoms with Crippen LogP contribution in [0.15, 0.2) is 18.7 Å². The topological polar surface area (TPSA) is 0 Å². The highest BCUT2D eigenvalue weighted by molar-refractivity contribution is 5.09. The van der Waals surface area contributed by atoms with Gasteiger partial charge in [-0.2, -0.15) is 0 Å². The van der Waals surface area contributed by atoms with Gasteiger partial charge in [0.25, 0.3) is 0 Å². The summed E-state index contributed by atoms with van der Waals surface area (Å²) in [6, 6.07) is 0. The van der Waals surface area contributed by atoms with Gasteiger partial charge in [0.2, 0.25) is 0 Å². The molecule has 0 bridgehead atoms. The molecule has 0 fully saturated rings. The molecule has 0 aliphatic carbocycles. The van der Waals surface area contributed by atoms with Crippen molar-refractivity contribution in [2.45, 2.75) is 0 Å². The summed E-state index contributed by atoms with van der Waals surface area (Å²) >= 11 is 0. The molecular formula is C6H5. The maximum absolute atomic E-state index is 4.80. The van der Waals surface area contributed by atoms with Crippen molar-refractivity contribution in [1.82, 2.24) is 0 Å². The Morgan fingerprint density at radius 1 is 1.67 bits per heavy atom. The number of rotatable bonds is 1. The predicted molar refractivity (Wildman–Crippen MR) is 26.8 cm³/mol. The van der Waals surface area contributed by atoms with E-state index in [4.69, 9.17) is 6.42 Å². The lowest BCUT2D eigenvalue weighted by Crippen LogP contribution is -1.41. The van der Waals surface area contributed by atoms with Crippen LogP contribution in [-0.2, 0) is 0 Å². The molecule has 6 heavy (non-hydrogen) atoms. The van der Waals surface area contributed by atoms with Gasteiger partial charge in [-0.1, -0.05) is 18.6 Å². The molecule has 0 aromatic carbocycles. The highest BCUT2D eigenvalue weighted by Crippen LogP contribution is 1.63. The first-order valence-electron chi connectivity index (χ1n) is 1.56. The van der Waals surface area contributed by atoms with E-state index in [0.29, 0.717) is 0 Å². The van der Waals surface area contributed by atoms with Crippen molar-refractivity contribution in [3.63, 3.8) is 0 Å². The summed E-state index contributed by atoms with van der Waals surface area (Å²) in [4.78, 5) is 0. The summed E-state index contributed by atoms with van der Waals surface area (Å²) in [6.07, 6.45) is 10.4. The minimum atomic E-state index is 1.47. The summed E-state index contributed by atoms with van der Waals surface area (Å²) in [5.74, 6) is 2.26. The minimum absolute atomic E-state index is 1.47. The van der Waals surface area contributed by atoms with Gasteiger partial charge in [0.15, 0.2) is 0 Å². The van der Waals surface area contributed by atoms with E-state index in [1.807, 2.05) is 0 Å². The molecule has 0 N–H and O–H groups in total. The van der Waals surface area contributed by atoms with Crippen LogP contribution >= 0.6 is 0 Å². The molecule has 0 saturated heterocycles. The molecule has 0 unspecified atom stereocenters. The molecule has 29 valence electrons. The van der Waals surface area contributed by atoms with Gasteiger partial charge in [-0.05, 0) is 12.2 Å². The highest BCUT2D eigenvalue weighted by Gasteiger charge is 1.48. The second-order valence-corrected chi connectivity index (χ2v) is 0.682. The van der Waals surface area contributed by atoms with Crippen molar-refractivity contribution >= 4 is 0 Å². The number of hydrogen-bond donors (Lipinski definition) is 0. The van der Waals surface area contributed by atoms with E-state index in [2.05, 4.69) is 18.6 Å². The Labute approximate surface area is 38.2 Å². The molecule has 1 radical (unpaired) electrons. The number of hydrogen-bond acceptors (Lipinski definition) is 0. The maximum atomic E-state index is 4.80. The lowest BCUT2D eigenvalue weighted by atomic mass is 10.5. The molecule has 0 rings (SSSR count). The Balaban J connectivity index is 3.26. The third-order valence-corrected chi connectivity index (χ3v) is 0.285. The zero-order valence-corrected chi connectivity index (χ0v) is 3.44. The van der Waals surface area contributed by atoms with E-state index in [1.165, 1.54) is 12.2 Å². The zero-order chi connectivity index (χ0) is 4.83. The maximum Gasteiger partial charge on any atom is -0.00429 e. The van der Waals surface area contributed by atoms with E-state index in [-0.39, 0.29) is 0 Å². The molecule has 0 nitrogen and oxygen atoms in total. The predicted octanol–water partition coefficient (Wildman–Crippen LogP) is 1.16. The molecule has 0 aliphatic heterocycles. The van der Waals surface area contributed by atoms with Crippen molar-refractivity contribution < 1.29 is 0 Å². The van der Waals surface area contributed by atoms with Crippen molar-refractivity contribution in [3.05, 3.63) is 24.8 Å². The van der Waals surface area contributed by atoms with Crippen LogP contribution < -0.4 is 0 Å². The SMILES string of the molecule is C#C/C=[C]/C=C. The lowest BCUT2D eigenvalue weighted by Gasteiger charge is -1.55. The fourth-order valence-electron chi connectivity index (χ4n) is 0.107. The van der Waals surface area contributed by atoms with Crippen LogP contribution in [0.4, 0.5) is 0 Å². The Morgan fingerprint density at radius 3 is 2.50 bits per heavy atom. The van der Waals surface area contributed by atoms with Gasteiger partial charge in [0.1, 0.15) is 0 Å². The van der Waals surface area contributed by atoms with E-state index in [9.17, 15) is 0 Å². The standard InChI is InChI=1S/C6H5/c1-3-5-6-4-2/h1,4-5H,2H2. The zero-order valence-electron chi connectivity index (χ0n) is 3.44. The third-order valence-electron chi connectivity index (χ3n) is 0.285. The van der Waals surface area contributed by atoms with Crippen LogP contribution in [0.1, 0.15) is 0 Å².